The Labute approximate surface area is 226 Å². The maximum atomic E-state index is 13.6. The van der Waals surface area contributed by atoms with Crippen molar-refractivity contribution in [2.75, 3.05) is 37.6 Å². The van der Waals surface area contributed by atoms with E-state index in [1.54, 1.807) is 0 Å². The van der Waals surface area contributed by atoms with E-state index in [2.05, 4.69) is 9.80 Å². The summed E-state index contributed by atoms with van der Waals surface area (Å²) in [6.45, 7) is 4.66. The highest BCUT2D eigenvalue weighted by Gasteiger charge is 2.50. The van der Waals surface area contributed by atoms with Crippen molar-refractivity contribution in [1.82, 2.24) is 9.80 Å². The number of hydrogen-bond donors (Lipinski definition) is 0. The standard InChI is InChI=1S/C30H34F3N3OS/c31-30(32,33)23-5-6-27-25(18-23)36(24-3-1-2-4-26(24)38-27)28(37)7-8-34-9-11-35(12-10-34)29-21-14-19-13-20(16-21)17-22(29)15-19/h1-6,18-22,29H,7-17H2. The summed E-state index contributed by atoms with van der Waals surface area (Å²) in [7, 11) is 0. The molecule has 0 unspecified atom stereocenters. The number of halogens is 3. The Balaban J connectivity index is 1.02. The highest BCUT2D eigenvalue weighted by molar-refractivity contribution is 7.99. The lowest BCUT2D eigenvalue weighted by Gasteiger charge is -2.58. The molecule has 6 aliphatic rings. The van der Waals surface area contributed by atoms with Crippen molar-refractivity contribution in [1.29, 1.82) is 0 Å². The quantitative estimate of drug-likeness (QED) is 0.432. The fourth-order valence-electron chi connectivity index (χ4n) is 8.34. The van der Waals surface area contributed by atoms with Crippen LogP contribution in [0.4, 0.5) is 24.5 Å². The van der Waals surface area contributed by atoms with E-state index in [1.165, 1.54) is 54.8 Å². The van der Waals surface area contributed by atoms with Gasteiger partial charge in [-0.25, -0.2) is 0 Å². The molecular formula is C30H34F3N3OS. The second-order valence-electron chi connectivity index (χ2n) is 12.0. The molecule has 1 amide bonds. The van der Waals surface area contributed by atoms with Crippen LogP contribution in [0.1, 0.15) is 44.1 Å². The molecule has 4 bridgehead atoms. The number of alkyl halides is 3. The molecule has 0 spiro atoms. The monoisotopic (exact) mass is 541 g/mol. The van der Waals surface area contributed by atoms with Crippen LogP contribution in [0.25, 0.3) is 0 Å². The van der Waals surface area contributed by atoms with Crippen LogP contribution >= 0.6 is 11.8 Å². The van der Waals surface area contributed by atoms with Gasteiger partial charge in [-0.05, 0) is 86.1 Å². The molecule has 202 valence electrons. The number of rotatable bonds is 4. The zero-order valence-electron chi connectivity index (χ0n) is 21.5. The number of hydrogen-bond acceptors (Lipinski definition) is 4. The lowest BCUT2D eigenvalue weighted by Crippen LogP contribution is -2.60. The summed E-state index contributed by atoms with van der Waals surface area (Å²) >= 11 is 1.42. The number of benzene rings is 2. The van der Waals surface area contributed by atoms with Crippen LogP contribution < -0.4 is 4.90 Å². The molecule has 2 aliphatic heterocycles. The average molecular weight is 542 g/mol. The molecule has 4 nitrogen and oxygen atoms in total. The molecule has 8 heteroatoms. The maximum Gasteiger partial charge on any atom is 0.416 e. The molecule has 38 heavy (non-hydrogen) atoms. The number of para-hydroxylation sites is 1. The van der Waals surface area contributed by atoms with Crippen LogP contribution in [0.3, 0.4) is 0 Å². The Morgan fingerprint density at radius 1 is 0.842 bits per heavy atom. The number of piperazine rings is 1. The van der Waals surface area contributed by atoms with Gasteiger partial charge in [-0.3, -0.25) is 14.6 Å². The number of anilines is 2. The van der Waals surface area contributed by atoms with Gasteiger partial charge in [-0.15, -0.1) is 0 Å². The summed E-state index contributed by atoms with van der Waals surface area (Å²) in [4.78, 5) is 21.8. The van der Waals surface area contributed by atoms with E-state index in [-0.39, 0.29) is 12.3 Å². The summed E-state index contributed by atoms with van der Waals surface area (Å²) < 4.78 is 40.5. The molecule has 4 saturated carbocycles. The first kappa shape index (κ1) is 25.0. The average Bonchev–Trinajstić information content (AvgIpc) is 2.89. The van der Waals surface area contributed by atoms with Crippen LogP contribution in [0.5, 0.6) is 0 Å². The predicted octanol–water partition coefficient (Wildman–Crippen LogP) is 6.67. The number of carbonyl (C=O) groups excluding carboxylic acids is 1. The molecule has 0 N–H and O–H groups in total. The van der Waals surface area contributed by atoms with Crippen molar-refractivity contribution in [3.8, 4) is 0 Å². The zero-order chi connectivity index (χ0) is 26.0. The van der Waals surface area contributed by atoms with Gasteiger partial charge in [0.2, 0.25) is 5.91 Å². The molecule has 5 fully saturated rings. The van der Waals surface area contributed by atoms with E-state index < -0.39 is 11.7 Å². The smallest absolute Gasteiger partial charge is 0.300 e. The summed E-state index contributed by atoms with van der Waals surface area (Å²) in [5.74, 6) is 3.59. The van der Waals surface area contributed by atoms with Crippen molar-refractivity contribution in [2.45, 2.75) is 60.5 Å². The minimum atomic E-state index is -4.46. The Morgan fingerprint density at radius 2 is 1.50 bits per heavy atom. The van der Waals surface area contributed by atoms with Gasteiger partial charge in [0.15, 0.2) is 0 Å². The van der Waals surface area contributed by atoms with Gasteiger partial charge >= 0.3 is 6.18 Å². The zero-order valence-corrected chi connectivity index (χ0v) is 22.3. The predicted molar refractivity (Wildman–Crippen MR) is 143 cm³/mol. The molecule has 2 aromatic carbocycles. The summed E-state index contributed by atoms with van der Waals surface area (Å²) in [5.41, 5.74) is 0.274. The van der Waals surface area contributed by atoms with Gasteiger partial charge in [-0.2, -0.15) is 13.2 Å². The normalized spacial score (nSPS) is 30.8. The van der Waals surface area contributed by atoms with E-state index in [9.17, 15) is 18.0 Å². The van der Waals surface area contributed by atoms with Gasteiger partial charge in [-0.1, -0.05) is 23.9 Å². The van der Waals surface area contributed by atoms with Crippen molar-refractivity contribution in [2.24, 2.45) is 23.7 Å². The number of nitrogens with zero attached hydrogens (tertiary/aromatic N) is 3. The van der Waals surface area contributed by atoms with Crippen molar-refractivity contribution in [3.05, 3.63) is 48.0 Å². The Bertz CT molecular complexity index is 1200. The Hall–Kier alpha value is -2.03. The first-order valence-electron chi connectivity index (χ1n) is 14.1. The maximum absolute atomic E-state index is 13.6. The van der Waals surface area contributed by atoms with Gasteiger partial charge in [0.25, 0.3) is 0 Å². The lowest BCUT2D eigenvalue weighted by atomic mass is 9.54. The summed E-state index contributed by atoms with van der Waals surface area (Å²) in [6.07, 6.45) is 3.02. The molecule has 0 atom stereocenters. The molecule has 2 aromatic rings. The third kappa shape index (κ3) is 4.46. The van der Waals surface area contributed by atoms with Crippen molar-refractivity contribution >= 4 is 29.0 Å². The fraction of sp³-hybridized carbons (Fsp3) is 0.567. The van der Waals surface area contributed by atoms with Gasteiger partial charge in [0.1, 0.15) is 0 Å². The van der Waals surface area contributed by atoms with Gasteiger partial charge in [0, 0.05) is 55.0 Å². The largest absolute Gasteiger partial charge is 0.416 e. The van der Waals surface area contributed by atoms with Gasteiger partial charge in [0.05, 0.1) is 16.9 Å². The molecule has 8 rings (SSSR count). The van der Waals surface area contributed by atoms with Crippen molar-refractivity contribution in [3.63, 3.8) is 0 Å². The second-order valence-corrected chi connectivity index (χ2v) is 13.1. The fourth-order valence-corrected chi connectivity index (χ4v) is 9.38. The van der Waals surface area contributed by atoms with Crippen LogP contribution in [0, 0.1) is 23.7 Å². The van der Waals surface area contributed by atoms with Crippen LogP contribution in [0.15, 0.2) is 52.3 Å². The lowest BCUT2D eigenvalue weighted by molar-refractivity contribution is -0.137. The summed E-state index contributed by atoms with van der Waals surface area (Å²) in [5, 5.41) is 0. The van der Waals surface area contributed by atoms with Crippen molar-refractivity contribution < 1.29 is 18.0 Å². The first-order chi connectivity index (χ1) is 18.3. The van der Waals surface area contributed by atoms with Gasteiger partial charge < -0.3 is 4.90 Å². The highest BCUT2D eigenvalue weighted by atomic mass is 32.2. The molecule has 1 saturated heterocycles. The number of fused-ring (bicyclic) bond motifs is 2. The van der Waals surface area contributed by atoms with E-state index in [4.69, 9.17) is 0 Å². The number of amides is 1. The third-order valence-corrected chi connectivity index (χ3v) is 10.9. The van der Waals surface area contributed by atoms with Crippen LogP contribution in [-0.4, -0.2) is 54.5 Å². The Morgan fingerprint density at radius 3 is 2.18 bits per heavy atom. The van der Waals surface area contributed by atoms with Crippen LogP contribution in [0.2, 0.25) is 0 Å². The summed E-state index contributed by atoms with van der Waals surface area (Å²) in [6, 6.07) is 12.0. The first-order valence-corrected chi connectivity index (χ1v) is 14.9. The minimum Gasteiger partial charge on any atom is -0.300 e. The third-order valence-electron chi connectivity index (χ3n) is 9.75. The highest BCUT2D eigenvalue weighted by Crippen LogP contribution is 2.55. The van der Waals surface area contributed by atoms with E-state index in [0.717, 1.165) is 72.9 Å². The SMILES string of the molecule is O=C(CCN1CCN(C2C3CC4CC(C3)CC2C4)CC1)N1c2ccccc2Sc2ccc(C(F)(F)F)cc21. The van der Waals surface area contributed by atoms with E-state index >= 15 is 0 Å². The van der Waals surface area contributed by atoms with E-state index in [0.29, 0.717) is 22.8 Å². The molecule has 0 radical (unpaired) electrons. The molecular weight excluding hydrogens is 507 g/mol. The van der Waals surface area contributed by atoms with Crippen LogP contribution in [-0.2, 0) is 11.0 Å². The Kier molecular flexibility index (Phi) is 6.28. The molecule has 0 aromatic heterocycles. The van der Waals surface area contributed by atoms with E-state index in [1.807, 2.05) is 24.3 Å². The topological polar surface area (TPSA) is 26.8 Å². The molecule has 2 heterocycles. The molecule has 4 aliphatic carbocycles. The number of carbonyl (C=O) groups is 1. The second kappa shape index (κ2) is 9.56. The minimum absolute atomic E-state index is 0.151.